The van der Waals surface area contributed by atoms with Crippen molar-refractivity contribution in [1.29, 1.82) is 0 Å². The molecule has 1 amide bonds. The van der Waals surface area contributed by atoms with Crippen LogP contribution in [0.25, 0.3) is 10.6 Å². The van der Waals surface area contributed by atoms with E-state index in [0.717, 1.165) is 27.5 Å². The van der Waals surface area contributed by atoms with Crippen LogP contribution in [0.4, 0.5) is 5.69 Å². The highest BCUT2D eigenvalue weighted by atomic mass is 32.1. The molecule has 3 rings (SSSR count). The molecule has 1 heterocycles. The molecule has 3 nitrogen and oxygen atoms in total. The van der Waals surface area contributed by atoms with E-state index in [1.807, 2.05) is 66.9 Å². The topological polar surface area (TPSA) is 42.0 Å². The molecule has 3 aromatic rings. The molecule has 0 aliphatic rings. The van der Waals surface area contributed by atoms with E-state index < -0.39 is 0 Å². The molecule has 0 fully saturated rings. The first-order chi connectivity index (χ1) is 10.7. The number of aromatic nitrogens is 1. The Kier molecular flexibility index (Phi) is 4.30. The fourth-order valence-corrected chi connectivity index (χ4v) is 3.02. The second-order valence-corrected chi connectivity index (χ2v) is 5.96. The molecule has 0 saturated heterocycles. The van der Waals surface area contributed by atoms with Gasteiger partial charge in [-0.25, -0.2) is 4.98 Å². The molecule has 22 heavy (non-hydrogen) atoms. The van der Waals surface area contributed by atoms with Crippen molar-refractivity contribution in [1.82, 2.24) is 4.98 Å². The highest BCUT2D eigenvalue weighted by molar-refractivity contribution is 7.13. The number of thiazole rings is 1. The lowest BCUT2D eigenvalue weighted by molar-refractivity contribution is -0.115. The summed E-state index contributed by atoms with van der Waals surface area (Å²) in [5.74, 6) is -0.0458. The quantitative estimate of drug-likeness (QED) is 0.781. The Morgan fingerprint density at radius 1 is 1.14 bits per heavy atom. The lowest BCUT2D eigenvalue weighted by atomic mass is 10.2. The van der Waals surface area contributed by atoms with Gasteiger partial charge in [-0.05, 0) is 24.6 Å². The lowest BCUT2D eigenvalue weighted by Crippen LogP contribution is -2.14. The Balaban J connectivity index is 1.66. The predicted molar refractivity (Wildman–Crippen MR) is 91.1 cm³/mol. The summed E-state index contributed by atoms with van der Waals surface area (Å²) in [6.07, 6.45) is 0.289. The molecule has 0 unspecified atom stereocenters. The van der Waals surface area contributed by atoms with Crippen molar-refractivity contribution in [2.24, 2.45) is 0 Å². The van der Waals surface area contributed by atoms with Gasteiger partial charge >= 0.3 is 0 Å². The number of carbonyl (C=O) groups is 1. The summed E-state index contributed by atoms with van der Waals surface area (Å²) in [5.41, 5.74) is 3.83. The van der Waals surface area contributed by atoms with Crippen molar-refractivity contribution >= 4 is 22.9 Å². The van der Waals surface area contributed by atoms with Crippen molar-refractivity contribution in [3.05, 3.63) is 71.2 Å². The van der Waals surface area contributed by atoms with Gasteiger partial charge in [0.1, 0.15) is 5.01 Å². The molecule has 0 bridgehead atoms. The number of rotatable bonds is 4. The molecular weight excluding hydrogens is 292 g/mol. The first kappa shape index (κ1) is 14.5. The molecule has 0 radical (unpaired) electrons. The highest BCUT2D eigenvalue weighted by Gasteiger charge is 2.09. The number of benzene rings is 2. The average molecular weight is 308 g/mol. The van der Waals surface area contributed by atoms with Crippen molar-refractivity contribution in [2.45, 2.75) is 13.3 Å². The molecule has 4 heteroatoms. The molecule has 1 N–H and O–H groups in total. The van der Waals surface area contributed by atoms with Gasteiger partial charge in [0.25, 0.3) is 0 Å². The smallest absolute Gasteiger partial charge is 0.230 e. The Hall–Kier alpha value is -2.46. The van der Waals surface area contributed by atoms with E-state index in [-0.39, 0.29) is 12.3 Å². The Labute approximate surface area is 133 Å². The number of nitrogens with one attached hydrogen (secondary N) is 1. The third kappa shape index (κ3) is 3.59. The van der Waals surface area contributed by atoms with Crippen LogP contribution in [0, 0.1) is 6.92 Å². The molecule has 0 atom stereocenters. The molecule has 0 saturated carbocycles. The standard InChI is InChI=1S/C18H16N2OS/c1-13-6-5-9-15(10-13)19-17(21)11-16-12-22-18(20-16)14-7-3-2-4-8-14/h2-10,12H,11H2,1H3,(H,19,21). The second kappa shape index (κ2) is 6.54. The zero-order chi connectivity index (χ0) is 15.4. The third-order valence-electron chi connectivity index (χ3n) is 3.22. The summed E-state index contributed by atoms with van der Waals surface area (Å²) in [6, 6.07) is 17.8. The monoisotopic (exact) mass is 308 g/mol. The van der Waals surface area contributed by atoms with Gasteiger partial charge in [0.15, 0.2) is 0 Å². The summed E-state index contributed by atoms with van der Waals surface area (Å²) < 4.78 is 0. The Bertz CT molecular complexity index is 781. The van der Waals surface area contributed by atoms with Gasteiger partial charge in [0, 0.05) is 16.6 Å². The number of carbonyl (C=O) groups excluding carboxylic acids is 1. The highest BCUT2D eigenvalue weighted by Crippen LogP contribution is 2.23. The van der Waals surface area contributed by atoms with Gasteiger partial charge in [-0.3, -0.25) is 4.79 Å². The van der Waals surface area contributed by atoms with Crippen LogP contribution in [0.15, 0.2) is 60.0 Å². The predicted octanol–water partition coefficient (Wildman–Crippen LogP) is 4.30. The zero-order valence-corrected chi connectivity index (χ0v) is 13.1. The summed E-state index contributed by atoms with van der Waals surface area (Å²) in [4.78, 5) is 16.6. The van der Waals surface area contributed by atoms with Crippen molar-refractivity contribution in [3.8, 4) is 10.6 Å². The Morgan fingerprint density at radius 2 is 1.95 bits per heavy atom. The maximum Gasteiger partial charge on any atom is 0.230 e. The second-order valence-electron chi connectivity index (χ2n) is 5.10. The molecule has 2 aromatic carbocycles. The van der Waals surface area contributed by atoms with E-state index in [2.05, 4.69) is 10.3 Å². The van der Waals surface area contributed by atoms with Crippen LogP contribution in [0.2, 0.25) is 0 Å². The van der Waals surface area contributed by atoms with Crippen molar-refractivity contribution in [3.63, 3.8) is 0 Å². The van der Waals surface area contributed by atoms with E-state index in [4.69, 9.17) is 0 Å². The van der Waals surface area contributed by atoms with Crippen LogP contribution in [-0.4, -0.2) is 10.9 Å². The summed E-state index contributed by atoms with van der Waals surface area (Å²) in [7, 11) is 0. The number of hydrogen-bond donors (Lipinski definition) is 1. The third-order valence-corrected chi connectivity index (χ3v) is 4.16. The molecule has 0 aliphatic heterocycles. The van der Waals surface area contributed by atoms with Gasteiger partial charge in [-0.15, -0.1) is 11.3 Å². The van der Waals surface area contributed by atoms with Crippen LogP contribution in [-0.2, 0) is 11.2 Å². The maximum atomic E-state index is 12.1. The Morgan fingerprint density at radius 3 is 2.73 bits per heavy atom. The van der Waals surface area contributed by atoms with Gasteiger partial charge in [-0.1, -0.05) is 42.5 Å². The number of aryl methyl sites for hydroxylation is 1. The minimum Gasteiger partial charge on any atom is -0.326 e. The summed E-state index contributed by atoms with van der Waals surface area (Å²) >= 11 is 1.56. The van der Waals surface area contributed by atoms with E-state index >= 15 is 0 Å². The van der Waals surface area contributed by atoms with Gasteiger partial charge in [-0.2, -0.15) is 0 Å². The van der Waals surface area contributed by atoms with Gasteiger partial charge < -0.3 is 5.32 Å². The van der Waals surface area contributed by atoms with Crippen LogP contribution >= 0.6 is 11.3 Å². The number of amides is 1. The van der Waals surface area contributed by atoms with Crippen LogP contribution in [0.5, 0.6) is 0 Å². The number of anilines is 1. The van der Waals surface area contributed by atoms with Gasteiger partial charge in [0.2, 0.25) is 5.91 Å². The molecule has 0 aliphatic carbocycles. The maximum absolute atomic E-state index is 12.1. The van der Waals surface area contributed by atoms with Crippen molar-refractivity contribution < 1.29 is 4.79 Å². The van der Waals surface area contributed by atoms with Crippen LogP contribution < -0.4 is 5.32 Å². The number of hydrogen-bond acceptors (Lipinski definition) is 3. The largest absolute Gasteiger partial charge is 0.326 e. The van der Waals surface area contributed by atoms with Crippen molar-refractivity contribution in [2.75, 3.05) is 5.32 Å². The van der Waals surface area contributed by atoms with Gasteiger partial charge in [0.05, 0.1) is 12.1 Å². The summed E-state index contributed by atoms with van der Waals surface area (Å²) in [6.45, 7) is 2.00. The van der Waals surface area contributed by atoms with E-state index in [1.54, 1.807) is 11.3 Å². The normalized spacial score (nSPS) is 10.4. The van der Waals surface area contributed by atoms with Crippen LogP contribution in [0.1, 0.15) is 11.3 Å². The average Bonchev–Trinajstić information content (AvgIpc) is 2.96. The molecule has 110 valence electrons. The minimum atomic E-state index is -0.0458. The summed E-state index contributed by atoms with van der Waals surface area (Å²) in [5, 5.41) is 5.79. The zero-order valence-electron chi connectivity index (χ0n) is 12.2. The molecule has 0 spiro atoms. The van der Waals surface area contributed by atoms with Crippen LogP contribution in [0.3, 0.4) is 0 Å². The van der Waals surface area contributed by atoms with E-state index in [0.29, 0.717) is 0 Å². The molecule has 1 aromatic heterocycles. The molecular formula is C18H16N2OS. The first-order valence-electron chi connectivity index (χ1n) is 7.07. The minimum absolute atomic E-state index is 0.0458. The van der Waals surface area contributed by atoms with E-state index in [1.165, 1.54) is 0 Å². The fraction of sp³-hybridized carbons (Fsp3) is 0.111. The lowest BCUT2D eigenvalue weighted by Gasteiger charge is -2.04. The van der Waals surface area contributed by atoms with E-state index in [9.17, 15) is 4.79 Å². The SMILES string of the molecule is Cc1cccc(NC(=O)Cc2csc(-c3ccccc3)n2)c1. The fourth-order valence-electron chi connectivity index (χ4n) is 2.19. The number of nitrogens with zero attached hydrogens (tertiary/aromatic N) is 1. The first-order valence-corrected chi connectivity index (χ1v) is 7.95.